The van der Waals surface area contributed by atoms with Crippen molar-refractivity contribution in [2.24, 2.45) is 13.0 Å². The molecule has 134 valence electrons. The number of methoxy groups -OCH3 is 1. The maximum atomic E-state index is 12.8. The number of nitrogens with zero attached hydrogens (tertiary/aromatic N) is 4. The van der Waals surface area contributed by atoms with E-state index >= 15 is 0 Å². The maximum absolute atomic E-state index is 12.8. The van der Waals surface area contributed by atoms with Gasteiger partial charge in [0, 0.05) is 25.1 Å². The number of hydrogen-bond acceptors (Lipinski definition) is 4. The molecule has 3 rings (SSSR count). The van der Waals surface area contributed by atoms with Crippen molar-refractivity contribution in [3.8, 4) is 17.8 Å². The molecule has 0 radical (unpaired) electrons. The molecule has 0 N–H and O–H groups in total. The Morgan fingerprint density at radius 3 is 2.69 bits per heavy atom. The molecule has 0 saturated carbocycles. The van der Waals surface area contributed by atoms with E-state index in [1.54, 1.807) is 36.0 Å². The minimum absolute atomic E-state index is 0.0598. The van der Waals surface area contributed by atoms with Gasteiger partial charge < -0.3 is 9.94 Å². The molecule has 2 aromatic heterocycles. The summed E-state index contributed by atoms with van der Waals surface area (Å²) in [4.78, 5) is 12.8. The van der Waals surface area contributed by atoms with E-state index in [9.17, 15) is 10.0 Å². The van der Waals surface area contributed by atoms with Crippen LogP contribution in [0.5, 0.6) is 5.88 Å². The summed E-state index contributed by atoms with van der Waals surface area (Å²) < 4.78 is 9.12. The third-order valence-electron chi connectivity index (χ3n) is 4.33. The maximum Gasteiger partial charge on any atom is 0.422 e. The summed E-state index contributed by atoms with van der Waals surface area (Å²) in [6, 6.07) is 9.17. The monoisotopic (exact) mass is 352 g/mol. The normalized spacial score (nSPS) is 11.1. The zero-order valence-corrected chi connectivity index (χ0v) is 15.2. The lowest BCUT2D eigenvalue weighted by Gasteiger charge is -2.17. The average Bonchev–Trinajstić information content (AvgIpc) is 3.04. The van der Waals surface area contributed by atoms with E-state index in [0.717, 1.165) is 10.9 Å². The molecule has 0 aliphatic heterocycles. The van der Waals surface area contributed by atoms with Crippen LogP contribution < -0.4 is 15.0 Å². The Labute approximate surface area is 150 Å². The van der Waals surface area contributed by atoms with Gasteiger partial charge in [0.25, 0.3) is 5.69 Å². The number of nitriles is 1. The first-order valence-corrected chi connectivity index (χ1v) is 8.30. The van der Waals surface area contributed by atoms with Crippen LogP contribution in [0.25, 0.3) is 16.7 Å². The zero-order chi connectivity index (χ0) is 19.0. The minimum Gasteiger partial charge on any atom is -0.616 e. The topological polar surface area (TPSA) is 86.9 Å². The summed E-state index contributed by atoms with van der Waals surface area (Å²) in [6.07, 6.45) is 2.12. The third-order valence-corrected chi connectivity index (χ3v) is 4.33. The fourth-order valence-electron chi connectivity index (χ4n) is 3.13. The van der Waals surface area contributed by atoms with Gasteiger partial charge in [-0.1, -0.05) is 13.8 Å². The number of rotatable bonds is 4. The van der Waals surface area contributed by atoms with Crippen LogP contribution in [0.1, 0.15) is 25.1 Å². The molecule has 1 aromatic carbocycles. The van der Waals surface area contributed by atoms with E-state index in [1.807, 2.05) is 19.9 Å². The summed E-state index contributed by atoms with van der Waals surface area (Å²) in [5.41, 5.74) is 1.13. The van der Waals surface area contributed by atoms with Crippen molar-refractivity contribution in [2.45, 2.75) is 20.3 Å². The Morgan fingerprint density at radius 1 is 1.35 bits per heavy atom. The van der Waals surface area contributed by atoms with Crippen LogP contribution in [0.3, 0.4) is 0 Å². The average molecular weight is 352 g/mol. The lowest BCUT2D eigenvalue weighted by Crippen LogP contribution is -2.45. The Balaban J connectivity index is 2.33. The first kappa shape index (κ1) is 17.5. The zero-order valence-electron chi connectivity index (χ0n) is 15.2. The number of benzene rings is 1. The van der Waals surface area contributed by atoms with E-state index in [-0.39, 0.29) is 23.1 Å². The van der Waals surface area contributed by atoms with Crippen LogP contribution in [0, 0.1) is 22.5 Å². The van der Waals surface area contributed by atoms with Gasteiger partial charge in [-0.15, -0.1) is 4.73 Å². The lowest BCUT2D eigenvalue weighted by molar-refractivity contribution is -0.622. The van der Waals surface area contributed by atoms with E-state index in [2.05, 4.69) is 6.07 Å². The SMILES string of the molecule is COc1c(-n2ccc3cc(C#N)ccc32)n(C)c(=O)c(CC(C)C)[n+]1[O-]. The highest BCUT2D eigenvalue weighted by Crippen LogP contribution is 2.25. The van der Waals surface area contributed by atoms with Crippen molar-refractivity contribution >= 4 is 10.9 Å². The number of hydrogen-bond donors (Lipinski definition) is 0. The molecule has 2 heterocycles. The molecule has 0 aliphatic carbocycles. The molecule has 0 bridgehead atoms. The molecular weight excluding hydrogens is 332 g/mol. The summed E-state index contributed by atoms with van der Waals surface area (Å²) in [7, 11) is 3.04. The standard InChI is InChI=1S/C19H20N4O3/c1-12(2)9-16-18(24)21(3)17(19(26-4)23(16)25)22-8-7-14-10-13(11-20)5-6-15(14)22/h5-8,10,12H,9H2,1-4H3. The van der Waals surface area contributed by atoms with Gasteiger partial charge in [-0.05, 0) is 30.2 Å². The van der Waals surface area contributed by atoms with Crippen molar-refractivity contribution < 1.29 is 9.47 Å². The minimum atomic E-state index is -0.347. The molecule has 0 amide bonds. The summed E-state index contributed by atoms with van der Waals surface area (Å²) in [5.74, 6) is 0.569. The molecule has 0 spiro atoms. The largest absolute Gasteiger partial charge is 0.616 e. The van der Waals surface area contributed by atoms with Crippen molar-refractivity contribution in [1.82, 2.24) is 9.13 Å². The van der Waals surface area contributed by atoms with Crippen LogP contribution in [0.2, 0.25) is 0 Å². The molecule has 7 heteroatoms. The van der Waals surface area contributed by atoms with Gasteiger partial charge in [0.2, 0.25) is 5.82 Å². The molecule has 0 saturated heterocycles. The molecule has 0 fully saturated rings. The predicted molar refractivity (Wildman–Crippen MR) is 97.3 cm³/mol. The third kappa shape index (κ3) is 2.69. The Morgan fingerprint density at radius 2 is 2.08 bits per heavy atom. The molecule has 0 unspecified atom stereocenters. The molecule has 0 aliphatic rings. The number of fused-ring (bicyclic) bond motifs is 1. The van der Waals surface area contributed by atoms with Gasteiger partial charge in [0.1, 0.15) is 0 Å². The second-order valence-corrected chi connectivity index (χ2v) is 6.61. The molecular formula is C19H20N4O3. The van der Waals surface area contributed by atoms with Crippen molar-refractivity contribution in [2.75, 3.05) is 7.11 Å². The highest BCUT2D eigenvalue weighted by molar-refractivity contribution is 5.83. The fourth-order valence-corrected chi connectivity index (χ4v) is 3.13. The Kier molecular flexibility index (Phi) is 4.43. The quantitative estimate of drug-likeness (QED) is 0.531. The van der Waals surface area contributed by atoms with Crippen molar-refractivity contribution in [3.05, 3.63) is 57.3 Å². The first-order chi connectivity index (χ1) is 12.4. The molecule has 26 heavy (non-hydrogen) atoms. The van der Waals surface area contributed by atoms with Crippen LogP contribution in [-0.2, 0) is 13.5 Å². The summed E-state index contributed by atoms with van der Waals surface area (Å²) in [6.45, 7) is 3.90. The smallest absolute Gasteiger partial charge is 0.422 e. The number of aromatic nitrogens is 3. The van der Waals surface area contributed by atoms with E-state index < -0.39 is 0 Å². The highest BCUT2D eigenvalue weighted by Gasteiger charge is 2.28. The molecule has 0 atom stereocenters. The Bertz CT molecular complexity index is 1090. The van der Waals surface area contributed by atoms with E-state index in [0.29, 0.717) is 22.5 Å². The lowest BCUT2D eigenvalue weighted by atomic mass is 10.1. The van der Waals surface area contributed by atoms with E-state index in [4.69, 9.17) is 10.00 Å². The highest BCUT2D eigenvalue weighted by atomic mass is 16.5. The van der Waals surface area contributed by atoms with Crippen LogP contribution >= 0.6 is 0 Å². The van der Waals surface area contributed by atoms with Crippen LogP contribution in [0.15, 0.2) is 35.3 Å². The fraction of sp³-hybridized carbons (Fsp3) is 0.316. The van der Waals surface area contributed by atoms with Crippen molar-refractivity contribution in [1.29, 1.82) is 5.26 Å². The molecule has 3 aromatic rings. The Hall–Kier alpha value is -3.27. The van der Waals surface area contributed by atoms with Gasteiger partial charge >= 0.3 is 11.4 Å². The van der Waals surface area contributed by atoms with Gasteiger partial charge in [-0.2, -0.15) is 5.26 Å². The number of ether oxygens (including phenoxy) is 1. The van der Waals surface area contributed by atoms with Gasteiger partial charge in [-0.3, -0.25) is 13.9 Å². The summed E-state index contributed by atoms with van der Waals surface area (Å²) in [5, 5.41) is 22.7. The van der Waals surface area contributed by atoms with Crippen LogP contribution in [0.4, 0.5) is 0 Å². The summed E-state index contributed by atoms with van der Waals surface area (Å²) >= 11 is 0. The predicted octanol–water partition coefficient (Wildman–Crippen LogP) is 2.04. The molecule has 7 nitrogen and oxygen atoms in total. The van der Waals surface area contributed by atoms with E-state index in [1.165, 1.54) is 11.7 Å². The van der Waals surface area contributed by atoms with Gasteiger partial charge in [0.05, 0.1) is 24.3 Å². The van der Waals surface area contributed by atoms with Crippen molar-refractivity contribution in [3.63, 3.8) is 0 Å². The van der Waals surface area contributed by atoms with Crippen LogP contribution in [-0.4, -0.2) is 16.2 Å². The second kappa shape index (κ2) is 6.56. The first-order valence-electron chi connectivity index (χ1n) is 8.30. The van der Waals surface area contributed by atoms with Gasteiger partial charge in [0.15, 0.2) is 0 Å². The second-order valence-electron chi connectivity index (χ2n) is 6.61. The van der Waals surface area contributed by atoms with Gasteiger partial charge in [-0.25, -0.2) is 0 Å².